The highest BCUT2D eigenvalue weighted by Gasteiger charge is 2.13. The van der Waals surface area contributed by atoms with Gasteiger partial charge in [-0.15, -0.1) is 17.3 Å². The topological polar surface area (TPSA) is 17.1 Å². The number of carbonyl (C=O) groups is 1. The van der Waals surface area contributed by atoms with E-state index in [9.17, 15) is 9.18 Å². The second-order valence-electron chi connectivity index (χ2n) is 4.57. The molecule has 3 heteroatoms. The molecule has 0 aliphatic heterocycles. The largest absolute Gasteiger partial charge is 0.294 e. The summed E-state index contributed by atoms with van der Waals surface area (Å²) in [5.41, 5.74) is 1.07. The maximum Gasteiger partial charge on any atom is 0.162 e. The van der Waals surface area contributed by atoms with Gasteiger partial charge in [-0.05, 0) is 44.2 Å². The molecule has 0 saturated carbocycles. The summed E-state index contributed by atoms with van der Waals surface area (Å²) in [5, 5.41) is 1.93. The molecule has 0 atom stereocenters. The fraction of sp³-hybridized carbons (Fsp3) is 0.118. The van der Waals surface area contributed by atoms with Crippen LogP contribution in [-0.4, -0.2) is 5.78 Å². The Morgan fingerprint density at radius 1 is 1.15 bits per heavy atom. The van der Waals surface area contributed by atoms with Crippen LogP contribution in [0.3, 0.4) is 0 Å². The zero-order valence-electron chi connectivity index (χ0n) is 11.1. The molecule has 0 bridgehead atoms. The van der Waals surface area contributed by atoms with Crippen molar-refractivity contribution in [3.63, 3.8) is 0 Å². The SMILES string of the molecule is CC#Cc1ccc2sc3cc(F)c(C(C)=O)cc3c2c1. The summed E-state index contributed by atoms with van der Waals surface area (Å²) in [4.78, 5) is 11.5. The second kappa shape index (κ2) is 4.73. The van der Waals surface area contributed by atoms with Gasteiger partial charge >= 0.3 is 0 Å². The fourth-order valence-corrected chi connectivity index (χ4v) is 3.38. The van der Waals surface area contributed by atoms with Gasteiger partial charge in [0.1, 0.15) is 5.82 Å². The minimum Gasteiger partial charge on any atom is -0.294 e. The number of carbonyl (C=O) groups excluding carboxylic acids is 1. The summed E-state index contributed by atoms with van der Waals surface area (Å²) >= 11 is 1.52. The van der Waals surface area contributed by atoms with Gasteiger partial charge in [-0.25, -0.2) is 4.39 Å². The smallest absolute Gasteiger partial charge is 0.162 e. The number of halogens is 1. The highest BCUT2D eigenvalue weighted by atomic mass is 32.1. The van der Waals surface area contributed by atoms with Crippen molar-refractivity contribution in [2.75, 3.05) is 0 Å². The van der Waals surface area contributed by atoms with Crippen LogP contribution in [-0.2, 0) is 0 Å². The Bertz CT molecular complexity index is 909. The van der Waals surface area contributed by atoms with E-state index >= 15 is 0 Å². The zero-order valence-corrected chi connectivity index (χ0v) is 11.9. The van der Waals surface area contributed by atoms with Crippen molar-refractivity contribution in [1.82, 2.24) is 0 Å². The molecule has 1 aromatic heterocycles. The van der Waals surface area contributed by atoms with E-state index in [1.54, 1.807) is 13.0 Å². The Balaban J connectivity index is 2.39. The molecular formula is C17H11FOS. The van der Waals surface area contributed by atoms with Gasteiger partial charge in [-0.1, -0.05) is 5.92 Å². The van der Waals surface area contributed by atoms with Crippen LogP contribution in [0.15, 0.2) is 30.3 Å². The number of hydrogen-bond donors (Lipinski definition) is 0. The molecule has 98 valence electrons. The summed E-state index contributed by atoms with van der Waals surface area (Å²) in [7, 11) is 0. The van der Waals surface area contributed by atoms with E-state index < -0.39 is 5.82 Å². The van der Waals surface area contributed by atoms with Gasteiger partial charge in [-0.3, -0.25) is 4.79 Å². The van der Waals surface area contributed by atoms with Crippen molar-refractivity contribution in [1.29, 1.82) is 0 Å². The molecule has 0 unspecified atom stereocenters. The third-order valence-corrected chi connectivity index (χ3v) is 4.34. The number of Topliss-reactive ketones (excluding diaryl/α,β-unsaturated/α-hetero) is 1. The van der Waals surface area contributed by atoms with E-state index in [-0.39, 0.29) is 11.3 Å². The Kier molecular flexibility index (Phi) is 3.04. The second-order valence-corrected chi connectivity index (χ2v) is 5.66. The minimum atomic E-state index is -0.454. The lowest BCUT2D eigenvalue weighted by Gasteiger charge is -1.99. The van der Waals surface area contributed by atoms with Crippen molar-refractivity contribution >= 4 is 37.3 Å². The third kappa shape index (κ3) is 1.99. The molecule has 0 amide bonds. The van der Waals surface area contributed by atoms with Crippen molar-refractivity contribution in [2.45, 2.75) is 13.8 Å². The number of rotatable bonds is 1. The Hall–Kier alpha value is -2.18. The zero-order chi connectivity index (χ0) is 14.3. The molecule has 0 saturated heterocycles. The van der Waals surface area contributed by atoms with Crippen LogP contribution in [0.4, 0.5) is 4.39 Å². The molecule has 20 heavy (non-hydrogen) atoms. The number of ketones is 1. The maximum absolute atomic E-state index is 13.9. The number of hydrogen-bond acceptors (Lipinski definition) is 2. The minimum absolute atomic E-state index is 0.143. The van der Waals surface area contributed by atoms with Crippen molar-refractivity contribution in [3.8, 4) is 11.8 Å². The van der Waals surface area contributed by atoms with Gasteiger partial charge in [0.2, 0.25) is 0 Å². The predicted molar refractivity (Wildman–Crippen MR) is 81.8 cm³/mol. The molecule has 3 aromatic rings. The molecule has 0 N–H and O–H groups in total. The van der Waals surface area contributed by atoms with E-state index in [1.807, 2.05) is 18.2 Å². The van der Waals surface area contributed by atoms with E-state index in [0.717, 1.165) is 25.7 Å². The van der Waals surface area contributed by atoms with Crippen LogP contribution < -0.4 is 0 Å². The van der Waals surface area contributed by atoms with Gasteiger partial charge < -0.3 is 0 Å². The summed E-state index contributed by atoms with van der Waals surface area (Å²) in [5.74, 6) is 5.17. The van der Waals surface area contributed by atoms with Crippen molar-refractivity contribution in [2.24, 2.45) is 0 Å². The van der Waals surface area contributed by atoms with Gasteiger partial charge in [0.05, 0.1) is 5.56 Å². The van der Waals surface area contributed by atoms with Crippen molar-refractivity contribution < 1.29 is 9.18 Å². The molecule has 1 nitrogen and oxygen atoms in total. The average molecular weight is 282 g/mol. The Morgan fingerprint density at radius 3 is 2.60 bits per heavy atom. The summed E-state index contributed by atoms with van der Waals surface area (Å²) in [6.45, 7) is 3.17. The third-order valence-electron chi connectivity index (χ3n) is 3.21. The van der Waals surface area contributed by atoms with Gasteiger partial charge in [0.25, 0.3) is 0 Å². The van der Waals surface area contributed by atoms with Gasteiger partial charge in [-0.2, -0.15) is 0 Å². The highest BCUT2D eigenvalue weighted by Crippen LogP contribution is 2.35. The van der Waals surface area contributed by atoms with E-state index in [4.69, 9.17) is 0 Å². The monoisotopic (exact) mass is 282 g/mol. The lowest BCUT2D eigenvalue weighted by Crippen LogP contribution is -1.95. The van der Waals surface area contributed by atoms with Crippen LogP contribution >= 0.6 is 11.3 Å². The quantitative estimate of drug-likeness (QED) is 0.464. The highest BCUT2D eigenvalue weighted by molar-refractivity contribution is 7.25. The first-order valence-corrected chi connectivity index (χ1v) is 7.01. The number of benzene rings is 2. The first-order valence-electron chi connectivity index (χ1n) is 6.19. The van der Waals surface area contributed by atoms with Gasteiger partial charge in [0, 0.05) is 25.7 Å². The number of thiophene rings is 1. The maximum atomic E-state index is 13.9. The molecule has 3 rings (SSSR count). The van der Waals surface area contributed by atoms with Crippen LogP contribution in [0.2, 0.25) is 0 Å². The van der Waals surface area contributed by atoms with E-state index in [1.165, 1.54) is 24.3 Å². The van der Waals surface area contributed by atoms with E-state index in [2.05, 4.69) is 11.8 Å². The molecular weight excluding hydrogens is 271 g/mol. The predicted octanol–water partition coefficient (Wildman–Crippen LogP) is 4.77. The van der Waals surface area contributed by atoms with Crippen molar-refractivity contribution in [3.05, 3.63) is 47.3 Å². The molecule has 1 heterocycles. The van der Waals surface area contributed by atoms with Crippen LogP contribution in [0.5, 0.6) is 0 Å². The molecule has 0 aliphatic rings. The summed E-state index contributed by atoms with van der Waals surface area (Å²) in [6, 6.07) is 9.03. The van der Waals surface area contributed by atoms with Crippen LogP contribution in [0.25, 0.3) is 20.2 Å². The average Bonchev–Trinajstić information content (AvgIpc) is 2.74. The standard InChI is InChI=1S/C17H11FOS/c1-3-4-11-5-6-16-13(7-11)14-8-12(10(2)19)15(18)9-17(14)20-16/h5-9H,1-2H3. The van der Waals surface area contributed by atoms with Crippen LogP contribution in [0, 0.1) is 17.7 Å². The molecule has 0 fully saturated rings. The van der Waals surface area contributed by atoms with Gasteiger partial charge in [0.15, 0.2) is 5.78 Å². The Morgan fingerprint density at radius 2 is 1.90 bits per heavy atom. The number of fused-ring (bicyclic) bond motifs is 3. The molecule has 0 aliphatic carbocycles. The Labute approximate surface area is 120 Å². The molecule has 0 radical (unpaired) electrons. The van der Waals surface area contributed by atoms with E-state index in [0.29, 0.717) is 0 Å². The molecule has 0 spiro atoms. The normalized spacial score (nSPS) is 10.6. The first-order chi connectivity index (χ1) is 9.60. The van der Waals surface area contributed by atoms with Crippen LogP contribution in [0.1, 0.15) is 29.8 Å². The lowest BCUT2D eigenvalue weighted by molar-refractivity contribution is 0.101. The molecule has 2 aromatic carbocycles. The lowest BCUT2D eigenvalue weighted by atomic mass is 10.1. The first kappa shape index (κ1) is 12.8. The summed E-state index contributed by atoms with van der Waals surface area (Å²) in [6.07, 6.45) is 0. The fourth-order valence-electron chi connectivity index (χ4n) is 2.29. The summed E-state index contributed by atoms with van der Waals surface area (Å²) < 4.78 is 15.8.